The number of benzene rings is 2. The van der Waals surface area contributed by atoms with Gasteiger partial charge in [-0.2, -0.15) is 0 Å². The van der Waals surface area contributed by atoms with Crippen molar-refractivity contribution < 1.29 is 14.3 Å². The average molecular weight is 364 g/mol. The standard InChI is InChI=1S/C22H24N2O3/c1-22(9-10-22)21(26)23-17-7-6-16-8-11-24(19(16)14-17)20(25)13-15-4-3-5-18(12-15)27-2/h3-7,12,14H,8-11,13H2,1-2H3,(H,23,26). The highest BCUT2D eigenvalue weighted by Crippen LogP contribution is 2.46. The Balaban J connectivity index is 1.50. The lowest BCUT2D eigenvalue weighted by Crippen LogP contribution is -2.30. The number of nitrogens with zero attached hydrogens (tertiary/aromatic N) is 1. The van der Waals surface area contributed by atoms with Gasteiger partial charge in [-0.15, -0.1) is 0 Å². The van der Waals surface area contributed by atoms with E-state index in [-0.39, 0.29) is 17.2 Å². The Morgan fingerprint density at radius 3 is 2.74 bits per heavy atom. The number of amides is 2. The van der Waals surface area contributed by atoms with Crippen molar-refractivity contribution in [2.45, 2.75) is 32.6 Å². The first-order valence-corrected chi connectivity index (χ1v) is 9.36. The van der Waals surface area contributed by atoms with E-state index >= 15 is 0 Å². The summed E-state index contributed by atoms with van der Waals surface area (Å²) in [6.45, 7) is 2.66. The van der Waals surface area contributed by atoms with Crippen molar-refractivity contribution in [3.05, 3.63) is 53.6 Å². The molecule has 1 aliphatic carbocycles. The molecule has 0 atom stereocenters. The first-order valence-electron chi connectivity index (χ1n) is 9.36. The summed E-state index contributed by atoms with van der Waals surface area (Å²) in [5.74, 6) is 0.870. The molecule has 0 radical (unpaired) electrons. The third-order valence-corrected chi connectivity index (χ3v) is 5.58. The van der Waals surface area contributed by atoms with Crippen LogP contribution in [0.15, 0.2) is 42.5 Å². The minimum Gasteiger partial charge on any atom is -0.497 e. The third kappa shape index (κ3) is 3.54. The van der Waals surface area contributed by atoms with Gasteiger partial charge in [-0.05, 0) is 54.7 Å². The van der Waals surface area contributed by atoms with Gasteiger partial charge in [-0.1, -0.05) is 25.1 Å². The summed E-state index contributed by atoms with van der Waals surface area (Å²) < 4.78 is 5.24. The van der Waals surface area contributed by atoms with Gasteiger partial charge in [-0.25, -0.2) is 0 Å². The molecule has 0 aromatic heterocycles. The molecule has 2 aromatic carbocycles. The van der Waals surface area contributed by atoms with Gasteiger partial charge in [0.15, 0.2) is 0 Å². The Morgan fingerprint density at radius 2 is 2.00 bits per heavy atom. The zero-order chi connectivity index (χ0) is 19.0. The van der Waals surface area contributed by atoms with Crippen LogP contribution in [0.5, 0.6) is 5.75 Å². The van der Waals surface area contributed by atoms with Crippen molar-refractivity contribution in [2.75, 3.05) is 23.9 Å². The Kier molecular flexibility index (Phi) is 4.38. The van der Waals surface area contributed by atoms with Crippen LogP contribution >= 0.6 is 0 Å². The van der Waals surface area contributed by atoms with E-state index in [4.69, 9.17) is 4.74 Å². The molecule has 5 nitrogen and oxygen atoms in total. The number of hydrogen-bond acceptors (Lipinski definition) is 3. The molecule has 2 amide bonds. The van der Waals surface area contributed by atoms with Crippen molar-refractivity contribution in [1.82, 2.24) is 0 Å². The van der Waals surface area contributed by atoms with E-state index in [1.165, 1.54) is 0 Å². The maximum absolute atomic E-state index is 12.9. The van der Waals surface area contributed by atoms with E-state index in [1.807, 2.05) is 54.3 Å². The number of anilines is 2. The lowest BCUT2D eigenvalue weighted by atomic mass is 10.1. The van der Waals surface area contributed by atoms with E-state index in [9.17, 15) is 9.59 Å². The third-order valence-electron chi connectivity index (χ3n) is 5.58. The second-order valence-corrected chi connectivity index (χ2v) is 7.68. The van der Waals surface area contributed by atoms with Crippen molar-refractivity contribution in [3.63, 3.8) is 0 Å². The molecule has 4 rings (SSSR count). The number of rotatable bonds is 5. The van der Waals surface area contributed by atoms with Crippen molar-refractivity contribution >= 4 is 23.2 Å². The molecule has 1 N–H and O–H groups in total. The van der Waals surface area contributed by atoms with Gasteiger partial charge in [-0.3, -0.25) is 9.59 Å². The highest BCUT2D eigenvalue weighted by atomic mass is 16.5. The SMILES string of the molecule is COc1cccc(CC(=O)N2CCc3ccc(NC(=O)C4(C)CC4)cc32)c1. The predicted octanol–water partition coefficient (Wildman–Crippen LogP) is 3.57. The van der Waals surface area contributed by atoms with Crippen LogP contribution in [-0.4, -0.2) is 25.5 Å². The summed E-state index contributed by atoms with van der Waals surface area (Å²) in [7, 11) is 1.62. The van der Waals surface area contributed by atoms with Crippen LogP contribution in [0.3, 0.4) is 0 Å². The first-order chi connectivity index (χ1) is 13.0. The molecule has 1 heterocycles. The van der Waals surface area contributed by atoms with Crippen LogP contribution in [0.2, 0.25) is 0 Å². The normalized spacial score (nSPS) is 16.6. The van der Waals surface area contributed by atoms with Gasteiger partial charge in [0.1, 0.15) is 5.75 Å². The van der Waals surface area contributed by atoms with Crippen LogP contribution in [0.1, 0.15) is 30.9 Å². The maximum atomic E-state index is 12.9. The Labute approximate surface area is 159 Å². The minimum atomic E-state index is -0.221. The monoisotopic (exact) mass is 364 g/mol. The number of methoxy groups -OCH3 is 1. The lowest BCUT2D eigenvalue weighted by Gasteiger charge is -2.19. The summed E-state index contributed by atoms with van der Waals surface area (Å²) in [5.41, 5.74) is 3.51. The maximum Gasteiger partial charge on any atom is 0.231 e. The highest BCUT2D eigenvalue weighted by Gasteiger charge is 2.44. The largest absolute Gasteiger partial charge is 0.497 e. The quantitative estimate of drug-likeness (QED) is 0.882. The zero-order valence-corrected chi connectivity index (χ0v) is 15.7. The second kappa shape index (κ2) is 6.72. The number of carbonyl (C=O) groups excluding carboxylic acids is 2. The van der Waals surface area contributed by atoms with Gasteiger partial charge >= 0.3 is 0 Å². The fraction of sp³-hybridized carbons (Fsp3) is 0.364. The minimum absolute atomic E-state index is 0.0552. The fourth-order valence-corrected chi connectivity index (χ4v) is 3.47. The van der Waals surface area contributed by atoms with Crippen LogP contribution in [-0.2, 0) is 22.4 Å². The summed E-state index contributed by atoms with van der Waals surface area (Å²) in [6.07, 6.45) is 3.04. The molecule has 140 valence electrons. The predicted molar refractivity (Wildman–Crippen MR) is 105 cm³/mol. The fourth-order valence-electron chi connectivity index (χ4n) is 3.47. The van der Waals surface area contributed by atoms with Crippen molar-refractivity contribution in [1.29, 1.82) is 0 Å². The molecule has 0 saturated heterocycles. The molecule has 0 spiro atoms. The molecule has 0 bridgehead atoms. The van der Waals surface area contributed by atoms with Crippen LogP contribution in [0.25, 0.3) is 0 Å². The number of hydrogen-bond donors (Lipinski definition) is 1. The molecule has 0 unspecified atom stereocenters. The Bertz CT molecular complexity index is 902. The molecular weight excluding hydrogens is 340 g/mol. The molecule has 1 fully saturated rings. The summed E-state index contributed by atoms with van der Waals surface area (Å²) in [5, 5.41) is 3.00. The summed E-state index contributed by atoms with van der Waals surface area (Å²) in [6, 6.07) is 13.5. The number of fused-ring (bicyclic) bond motifs is 1. The topological polar surface area (TPSA) is 58.6 Å². The average Bonchev–Trinajstić information content (AvgIpc) is 3.28. The van der Waals surface area contributed by atoms with Crippen LogP contribution in [0, 0.1) is 5.41 Å². The second-order valence-electron chi connectivity index (χ2n) is 7.68. The Hall–Kier alpha value is -2.82. The van der Waals surface area contributed by atoms with E-state index in [0.29, 0.717) is 13.0 Å². The summed E-state index contributed by atoms with van der Waals surface area (Å²) >= 11 is 0. The van der Waals surface area contributed by atoms with E-state index in [0.717, 1.165) is 47.5 Å². The smallest absolute Gasteiger partial charge is 0.231 e. The highest BCUT2D eigenvalue weighted by molar-refractivity contribution is 6.00. The molecule has 2 aromatic rings. The molecule has 1 saturated carbocycles. The number of carbonyl (C=O) groups is 2. The van der Waals surface area contributed by atoms with Crippen LogP contribution < -0.4 is 15.0 Å². The van der Waals surface area contributed by atoms with E-state index < -0.39 is 0 Å². The molecule has 27 heavy (non-hydrogen) atoms. The molecular formula is C22H24N2O3. The van der Waals surface area contributed by atoms with Gasteiger partial charge < -0.3 is 15.0 Å². The number of ether oxygens (including phenoxy) is 1. The van der Waals surface area contributed by atoms with Crippen molar-refractivity contribution in [3.8, 4) is 5.75 Å². The van der Waals surface area contributed by atoms with Crippen LogP contribution in [0.4, 0.5) is 11.4 Å². The Morgan fingerprint density at radius 1 is 1.19 bits per heavy atom. The number of nitrogens with one attached hydrogen (secondary N) is 1. The molecule has 5 heteroatoms. The van der Waals surface area contributed by atoms with Crippen molar-refractivity contribution in [2.24, 2.45) is 5.41 Å². The zero-order valence-electron chi connectivity index (χ0n) is 15.7. The van der Waals surface area contributed by atoms with E-state index in [2.05, 4.69) is 5.32 Å². The van der Waals surface area contributed by atoms with Gasteiger partial charge in [0.05, 0.1) is 13.5 Å². The van der Waals surface area contributed by atoms with E-state index in [1.54, 1.807) is 7.11 Å². The molecule has 1 aliphatic heterocycles. The van der Waals surface area contributed by atoms with Gasteiger partial charge in [0.25, 0.3) is 0 Å². The summed E-state index contributed by atoms with van der Waals surface area (Å²) in [4.78, 5) is 27.0. The lowest BCUT2D eigenvalue weighted by molar-refractivity contribution is -0.120. The first kappa shape index (κ1) is 17.6. The van der Waals surface area contributed by atoms with Gasteiger partial charge in [0.2, 0.25) is 11.8 Å². The molecule has 2 aliphatic rings. The van der Waals surface area contributed by atoms with Gasteiger partial charge in [0, 0.05) is 23.3 Å².